The summed E-state index contributed by atoms with van der Waals surface area (Å²) in [6.45, 7) is 0.496. The minimum atomic E-state index is -0.507. The first kappa shape index (κ1) is 20.8. The number of aromatic nitrogens is 1. The van der Waals surface area contributed by atoms with Gasteiger partial charge in [-0.3, -0.25) is 14.4 Å². The molecule has 0 unspecified atom stereocenters. The zero-order chi connectivity index (χ0) is 20.8. The van der Waals surface area contributed by atoms with Gasteiger partial charge in [-0.25, -0.2) is 0 Å². The molecule has 6 heteroatoms. The van der Waals surface area contributed by atoms with E-state index in [9.17, 15) is 14.4 Å². The van der Waals surface area contributed by atoms with Crippen LogP contribution in [0.5, 0.6) is 0 Å². The lowest BCUT2D eigenvalue weighted by Gasteiger charge is -2.26. The summed E-state index contributed by atoms with van der Waals surface area (Å²) < 4.78 is 1.91. The number of carbonyl (C=O) groups is 2. The zero-order valence-corrected chi connectivity index (χ0v) is 17.2. The molecule has 0 spiro atoms. The lowest BCUT2D eigenvalue weighted by Crippen LogP contribution is -2.36. The van der Waals surface area contributed by atoms with Crippen molar-refractivity contribution >= 4 is 11.8 Å². The number of likely N-dealkylation sites (N-methyl/N-ethyl adjacent to an activating group) is 1. The van der Waals surface area contributed by atoms with Crippen LogP contribution < -0.4 is 10.7 Å². The van der Waals surface area contributed by atoms with E-state index >= 15 is 0 Å². The maximum absolute atomic E-state index is 13.1. The average Bonchev–Trinajstić information content (AvgIpc) is 2.78. The molecule has 1 aliphatic carbocycles. The van der Waals surface area contributed by atoms with Gasteiger partial charge < -0.3 is 14.8 Å². The van der Waals surface area contributed by atoms with Crippen molar-refractivity contribution in [1.82, 2.24) is 14.8 Å². The van der Waals surface area contributed by atoms with E-state index < -0.39 is 11.3 Å². The van der Waals surface area contributed by atoms with Crippen molar-refractivity contribution in [2.24, 2.45) is 0 Å². The zero-order valence-electron chi connectivity index (χ0n) is 17.2. The van der Waals surface area contributed by atoms with Crippen LogP contribution in [0, 0.1) is 0 Å². The van der Waals surface area contributed by atoms with Crippen LogP contribution in [0.25, 0.3) is 0 Å². The van der Waals surface area contributed by atoms with Crippen molar-refractivity contribution in [3.8, 4) is 0 Å². The second kappa shape index (κ2) is 9.54. The van der Waals surface area contributed by atoms with E-state index in [-0.39, 0.29) is 23.1 Å². The molecule has 29 heavy (non-hydrogen) atoms. The highest BCUT2D eigenvalue weighted by Gasteiger charge is 2.24. The van der Waals surface area contributed by atoms with Gasteiger partial charge in [0.1, 0.15) is 11.1 Å². The Morgan fingerprint density at radius 1 is 1.07 bits per heavy atom. The number of amides is 2. The maximum atomic E-state index is 13.1. The molecule has 1 aromatic heterocycles. The van der Waals surface area contributed by atoms with E-state index in [1.807, 2.05) is 34.9 Å². The molecule has 1 heterocycles. The van der Waals surface area contributed by atoms with Gasteiger partial charge in [-0.2, -0.15) is 0 Å². The number of pyridine rings is 1. The van der Waals surface area contributed by atoms with Crippen LogP contribution in [0.2, 0.25) is 0 Å². The normalized spacial score (nSPS) is 14.4. The fourth-order valence-corrected chi connectivity index (χ4v) is 3.89. The largest absolute Gasteiger partial charge is 0.355 e. The molecule has 1 aliphatic rings. The molecule has 6 nitrogen and oxygen atoms in total. The second-order valence-corrected chi connectivity index (χ2v) is 7.70. The first-order valence-electron chi connectivity index (χ1n) is 10.3. The number of nitrogens with one attached hydrogen (secondary N) is 1. The number of hydrogen-bond acceptors (Lipinski definition) is 3. The molecule has 3 rings (SSSR count). The minimum Gasteiger partial charge on any atom is -0.355 e. The van der Waals surface area contributed by atoms with E-state index in [4.69, 9.17) is 0 Å². The third-order valence-electron chi connectivity index (χ3n) is 5.67. The van der Waals surface area contributed by atoms with Gasteiger partial charge in [-0.05, 0) is 24.8 Å². The maximum Gasteiger partial charge on any atom is 0.259 e. The van der Waals surface area contributed by atoms with Gasteiger partial charge in [0.15, 0.2) is 0 Å². The highest BCUT2D eigenvalue weighted by atomic mass is 16.2. The van der Waals surface area contributed by atoms with Crippen LogP contribution in [-0.4, -0.2) is 41.9 Å². The van der Waals surface area contributed by atoms with Gasteiger partial charge in [0, 0.05) is 39.1 Å². The van der Waals surface area contributed by atoms with Crippen molar-refractivity contribution in [2.45, 2.75) is 44.6 Å². The Morgan fingerprint density at radius 3 is 2.38 bits per heavy atom. The minimum absolute atomic E-state index is 0.0281. The molecular weight excluding hydrogens is 366 g/mol. The molecule has 2 aromatic rings. The van der Waals surface area contributed by atoms with Crippen LogP contribution in [0.15, 0.2) is 47.5 Å². The number of benzene rings is 1. The van der Waals surface area contributed by atoms with Gasteiger partial charge in [-0.1, -0.05) is 49.6 Å². The average molecular weight is 396 g/mol. The molecule has 154 valence electrons. The molecule has 1 saturated carbocycles. The molecule has 0 aliphatic heterocycles. The predicted octanol–water partition coefficient (Wildman–Crippen LogP) is 3.03. The van der Waals surface area contributed by atoms with Crippen LogP contribution in [0.3, 0.4) is 0 Å². The highest BCUT2D eigenvalue weighted by molar-refractivity contribution is 5.99. The van der Waals surface area contributed by atoms with Gasteiger partial charge in [-0.15, -0.1) is 0 Å². The topological polar surface area (TPSA) is 71.4 Å². The molecular formula is C23H29N3O3. The van der Waals surface area contributed by atoms with Crippen molar-refractivity contribution in [3.63, 3.8) is 0 Å². The van der Waals surface area contributed by atoms with Crippen molar-refractivity contribution in [1.29, 1.82) is 0 Å². The first-order valence-corrected chi connectivity index (χ1v) is 10.3. The van der Waals surface area contributed by atoms with Crippen LogP contribution >= 0.6 is 0 Å². The Balaban J connectivity index is 1.88. The monoisotopic (exact) mass is 395 g/mol. The Kier molecular flexibility index (Phi) is 6.86. The Labute approximate surface area is 171 Å². The summed E-state index contributed by atoms with van der Waals surface area (Å²) in [5.41, 5.74) is 0.714. The molecule has 0 bridgehead atoms. The van der Waals surface area contributed by atoms with Gasteiger partial charge in [0.2, 0.25) is 5.43 Å². The van der Waals surface area contributed by atoms with E-state index in [1.54, 1.807) is 24.3 Å². The fourth-order valence-electron chi connectivity index (χ4n) is 3.89. The van der Waals surface area contributed by atoms with Crippen molar-refractivity contribution in [2.75, 3.05) is 20.6 Å². The van der Waals surface area contributed by atoms with Crippen LogP contribution in [0.1, 0.15) is 64.4 Å². The number of hydrogen-bond donors (Lipinski definition) is 1. The Hall–Kier alpha value is -2.89. The molecule has 1 N–H and O–H groups in total. The summed E-state index contributed by atoms with van der Waals surface area (Å²) in [6.07, 6.45) is 9.38. The molecule has 1 aromatic carbocycles. The molecule has 2 amide bonds. The van der Waals surface area contributed by atoms with Crippen LogP contribution in [0.4, 0.5) is 0 Å². The van der Waals surface area contributed by atoms with E-state index in [0.717, 1.165) is 31.2 Å². The van der Waals surface area contributed by atoms with Crippen LogP contribution in [-0.2, 0) is 6.42 Å². The van der Waals surface area contributed by atoms with Gasteiger partial charge >= 0.3 is 0 Å². The molecule has 0 radical (unpaired) electrons. The molecule has 0 atom stereocenters. The van der Waals surface area contributed by atoms with Crippen molar-refractivity contribution in [3.05, 3.63) is 69.6 Å². The number of nitrogens with zero attached hydrogens (tertiary/aromatic N) is 2. The first-order chi connectivity index (χ1) is 14.0. The lowest BCUT2D eigenvalue weighted by atomic mass is 9.95. The van der Waals surface area contributed by atoms with E-state index in [0.29, 0.717) is 13.0 Å². The quantitative estimate of drug-likeness (QED) is 0.817. The smallest absolute Gasteiger partial charge is 0.259 e. The summed E-state index contributed by atoms with van der Waals surface area (Å²) in [6, 6.07) is 10.1. The Morgan fingerprint density at radius 2 is 1.72 bits per heavy atom. The Bertz CT molecular complexity index is 915. The third-order valence-corrected chi connectivity index (χ3v) is 5.67. The summed E-state index contributed by atoms with van der Waals surface area (Å²) in [4.78, 5) is 39.8. The summed E-state index contributed by atoms with van der Waals surface area (Å²) in [7, 11) is 3.19. The lowest BCUT2D eigenvalue weighted by molar-refractivity contribution is 0.0794. The SMILES string of the molecule is CNC(=O)c1cn(C2CCCCC2)cc(C(=O)N(C)CCc2ccccc2)c1=O. The van der Waals surface area contributed by atoms with Gasteiger partial charge in [0.25, 0.3) is 11.8 Å². The summed E-state index contributed by atoms with van der Waals surface area (Å²) in [5.74, 6) is -0.803. The van der Waals surface area contributed by atoms with E-state index in [2.05, 4.69) is 5.32 Å². The fraction of sp³-hybridized carbons (Fsp3) is 0.435. The second-order valence-electron chi connectivity index (χ2n) is 7.70. The number of rotatable bonds is 6. The predicted molar refractivity (Wildman–Crippen MR) is 113 cm³/mol. The third kappa shape index (κ3) is 4.94. The highest BCUT2D eigenvalue weighted by Crippen LogP contribution is 2.28. The molecule has 1 fully saturated rings. The number of carbonyl (C=O) groups excluding carboxylic acids is 2. The summed E-state index contributed by atoms with van der Waals surface area (Å²) in [5, 5.41) is 2.52. The van der Waals surface area contributed by atoms with E-state index in [1.165, 1.54) is 13.5 Å². The summed E-state index contributed by atoms with van der Waals surface area (Å²) >= 11 is 0. The van der Waals surface area contributed by atoms with Gasteiger partial charge in [0.05, 0.1) is 0 Å². The standard InChI is InChI=1S/C23H29N3O3/c1-24-22(28)19-15-26(18-11-7-4-8-12-18)16-20(21(19)27)23(29)25(2)14-13-17-9-5-3-6-10-17/h3,5-6,9-10,15-16,18H,4,7-8,11-14H2,1-2H3,(H,24,28). The van der Waals surface area contributed by atoms with Crippen molar-refractivity contribution < 1.29 is 9.59 Å². The molecule has 0 saturated heterocycles.